The van der Waals surface area contributed by atoms with Gasteiger partial charge in [0.25, 0.3) is 0 Å². The Bertz CT molecular complexity index is 490. The highest BCUT2D eigenvalue weighted by Gasteiger charge is 2.26. The van der Waals surface area contributed by atoms with Crippen LogP contribution in [0.3, 0.4) is 0 Å². The molecule has 0 bridgehead atoms. The Hall–Kier alpha value is -0.810. The van der Waals surface area contributed by atoms with Gasteiger partial charge in [-0.15, -0.1) is 0 Å². The zero-order chi connectivity index (χ0) is 15.4. The highest BCUT2D eigenvalue weighted by molar-refractivity contribution is 6.39. The molecule has 2 unspecified atom stereocenters. The molecule has 0 saturated heterocycles. The van der Waals surface area contributed by atoms with Crippen LogP contribution < -0.4 is 5.32 Å². The third-order valence-corrected chi connectivity index (χ3v) is 4.44. The van der Waals surface area contributed by atoms with Gasteiger partial charge in [0.15, 0.2) is 0 Å². The molecule has 0 heterocycles. The number of likely N-dealkylation sites (N-methyl/N-ethyl adjacent to an activating group) is 1. The van der Waals surface area contributed by atoms with Crippen molar-refractivity contribution in [3.8, 4) is 0 Å². The topological polar surface area (TPSA) is 52.6 Å². The number of anilines is 1. The second kappa shape index (κ2) is 7.45. The number of benzene rings is 1. The highest BCUT2D eigenvalue weighted by atomic mass is 35.5. The number of hydrogen-bond acceptors (Lipinski definition) is 3. The third kappa shape index (κ3) is 4.58. The van der Waals surface area contributed by atoms with E-state index in [9.17, 15) is 9.90 Å². The molecular weight excluding hydrogens is 311 g/mol. The number of hydrogen-bond donors (Lipinski definition) is 2. The molecular formula is C15H20Cl2N2O2. The molecule has 21 heavy (non-hydrogen) atoms. The molecule has 0 radical (unpaired) electrons. The van der Waals surface area contributed by atoms with E-state index in [1.165, 1.54) is 0 Å². The molecule has 2 rings (SSSR count). The minimum atomic E-state index is -0.242. The number of aliphatic hydroxyl groups excluding tert-OH is 1. The van der Waals surface area contributed by atoms with Crippen LogP contribution in [0.4, 0.5) is 5.69 Å². The molecule has 1 saturated carbocycles. The van der Waals surface area contributed by atoms with Gasteiger partial charge in [0.2, 0.25) is 5.91 Å². The number of amides is 1. The van der Waals surface area contributed by atoms with Crippen LogP contribution in [0.15, 0.2) is 18.2 Å². The lowest BCUT2D eigenvalue weighted by Gasteiger charge is -2.22. The fraction of sp³-hybridized carbons (Fsp3) is 0.533. The maximum atomic E-state index is 12.1. The van der Waals surface area contributed by atoms with Crippen molar-refractivity contribution in [3.05, 3.63) is 28.2 Å². The molecule has 1 aliphatic rings. The van der Waals surface area contributed by atoms with Gasteiger partial charge in [-0.2, -0.15) is 0 Å². The normalized spacial score (nSPS) is 21.8. The highest BCUT2D eigenvalue weighted by Crippen LogP contribution is 2.30. The Morgan fingerprint density at radius 2 is 2.05 bits per heavy atom. The van der Waals surface area contributed by atoms with Crippen LogP contribution >= 0.6 is 23.2 Å². The van der Waals surface area contributed by atoms with Gasteiger partial charge in [-0.3, -0.25) is 9.69 Å². The van der Waals surface area contributed by atoms with Crippen molar-refractivity contribution in [3.63, 3.8) is 0 Å². The minimum Gasteiger partial charge on any atom is -0.393 e. The summed E-state index contributed by atoms with van der Waals surface area (Å²) in [6.45, 7) is 0.954. The van der Waals surface area contributed by atoms with Crippen molar-refractivity contribution < 1.29 is 9.90 Å². The quantitative estimate of drug-likeness (QED) is 0.872. The second-order valence-electron chi connectivity index (χ2n) is 5.60. The summed E-state index contributed by atoms with van der Waals surface area (Å²) in [5.41, 5.74) is 0.445. The van der Waals surface area contributed by atoms with Crippen molar-refractivity contribution in [2.75, 3.05) is 25.5 Å². The van der Waals surface area contributed by atoms with Gasteiger partial charge in [0.1, 0.15) is 0 Å². The van der Waals surface area contributed by atoms with Crippen molar-refractivity contribution in [2.45, 2.75) is 25.4 Å². The average molecular weight is 331 g/mol. The number of aliphatic hydroxyl groups is 1. The summed E-state index contributed by atoms with van der Waals surface area (Å²) in [5.74, 6) is 0.0895. The number of nitrogens with one attached hydrogen (secondary N) is 1. The lowest BCUT2D eigenvalue weighted by molar-refractivity contribution is -0.117. The largest absolute Gasteiger partial charge is 0.393 e. The Balaban J connectivity index is 1.86. The molecule has 1 aromatic rings. The maximum Gasteiger partial charge on any atom is 0.238 e. The minimum absolute atomic E-state index is 0.167. The first-order chi connectivity index (χ1) is 9.97. The van der Waals surface area contributed by atoms with Crippen molar-refractivity contribution in [1.29, 1.82) is 0 Å². The van der Waals surface area contributed by atoms with Crippen LogP contribution in [0.25, 0.3) is 0 Å². The van der Waals surface area contributed by atoms with Gasteiger partial charge in [-0.25, -0.2) is 0 Å². The third-order valence-electron chi connectivity index (χ3n) is 3.81. The van der Waals surface area contributed by atoms with Gasteiger partial charge in [0.05, 0.1) is 28.4 Å². The predicted molar refractivity (Wildman–Crippen MR) is 85.9 cm³/mol. The molecule has 2 N–H and O–H groups in total. The Kier molecular flexibility index (Phi) is 5.88. The average Bonchev–Trinajstić information content (AvgIpc) is 2.79. The zero-order valence-corrected chi connectivity index (χ0v) is 13.5. The van der Waals surface area contributed by atoms with Gasteiger partial charge in [-0.05, 0) is 37.9 Å². The number of para-hydroxylation sites is 1. The van der Waals surface area contributed by atoms with Crippen LogP contribution in [-0.2, 0) is 4.79 Å². The molecule has 1 fully saturated rings. The summed E-state index contributed by atoms with van der Waals surface area (Å²) in [4.78, 5) is 14.0. The van der Waals surface area contributed by atoms with E-state index in [0.717, 1.165) is 19.3 Å². The molecule has 1 amide bonds. The molecule has 116 valence electrons. The lowest BCUT2D eigenvalue weighted by atomic mass is 10.1. The molecule has 0 aliphatic heterocycles. The summed E-state index contributed by atoms with van der Waals surface area (Å²) in [6, 6.07) is 5.09. The fourth-order valence-corrected chi connectivity index (χ4v) is 3.23. The molecule has 1 aliphatic carbocycles. The summed E-state index contributed by atoms with van der Waals surface area (Å²) in [7, 11) is 1.87. The summed E-state index contributed by atoms with van der Waals surface area (Å²) in [5, 5.41) is 13.4. The number of rotatable bonds is 5. The van der Waals surface area contributed by atoms with E-state index in [-0.39, 0.29) is 24.5 Å². The van der Waals surface area contributed by atoms with E-state index in [1.54, 1.807) is 18.2 Å². The fourth-order valence-electron chi connectivity index (χ4n) is 2.74. The summed E-state index contributed by atoms with van der Waals surface area (Å²) in [6.07, 6.45) is 2.69. The molecule has 4 nitrogen and oxygen atoms in total. The number of carbonyl (C=O) groups excluding carboxylic acids is 1. The Morgan fingerprint density at radius 1 is 1.38 bits per heavy atom. The second-order valence-corrected chi connectivity index (χ2v) is 6.41. The summed E-state index contributed by atoms with van der Waals surface area (Å²) < 4.78 is 0. The monoisotopic (exact) mass is 330 g/mol. The van der Waals surface area contributed by atoms with Gasteiger partial charge in [0, 0.05) is 6.54 Å². The van der Waals surface area contributed by atoms with E-state index < -0.39 is 0 Å². The molecule has 1 aromatic carbocycles. The smallest absolute Gasteiger partial charge is 0.238 e. The predicted octanol–water partition coefficient (Wildman–Crippen LogP) is 3.02. The maximum absolute atomic E-state index is 12.1. The lowest BCUT2D eigenvalue weighted by Crippen LogP contribution is -2.35. The summed E-state index contributed by atoms with van der Waals surface area (Å²) >= 11 is 12.0. The van der Waals surface area contributed by atoms with Crippen LogP contribution in [0.1, 0.15) is 19.3 Å². The first-order valence-corrected chi connectivity index (χ1v) is 7.83. The SMILES string of the molecule is CN(CC(=O)Nc1c(Cl)cccc1Cl)CC1CCCC1O. The van der Waals surface area contributed by atoms with Crippen molar-refractivity contribution in [1.82, 2.24) is 4.90 Å². The van der Waals surface area contributed by atoms with E-state index in [1.807, 2.05) is 11.9 Å². The standard InChI is InChI=1S/C15H20Cl2N2O2/c1-19(8-10-4-2-7-13(10)20)9-14(21)18-15-11(16)5-3-6-12(15)17/h3,5-6,10,13,20H,2,4,7-9H2,1H3,(H,18,21). The number of carbonyl (C=O) groups is 1. The molecule has 0 spiro atoms. The van der Waals surface area contributed by atoms with Crippen LogP contribution in [0.5, 0.6) is 0 Å². The van der Waals surface area contributed by atoms with E-state index in [4.69, 9.17) is 23.2 Å². The van der Waals surface area contributed by atoms with Crippen molar-refractivity contribution >= 4 is 34.8 Å². The zero-order valence-electron chi connectivity index (χ0n) is 12.0. The van der Waals surface area contributed by atoms with Crippen molar-refractivity contribution in [2.24, 2.45) is 5.92 Å². The first-order valence-electron chi connectivity index (χ1n) is 7.08. The molecule has 2 atom stereocenters. The Labute approximate surface area is 135 Å². The van der Waals surface area contributed by atoms with Gasteiger partial charge < -0.3 is 10.4 Å². The van der Waals surface area contributed by atoms with Gasteiger partial charge >= 0.3 is 0 Å². The number of halogens is 2. The van der Waals surface area contributed by atoms with E-state index in [0.29, 0.717) is 22.3 Å². The van der Waals surface area contributed by atoms with Crippen LogP contribution in [-0.4, -0.2) is 42.2 Å². The molecule has 0 aromatic heterocycles. The van der Waals surface area contributed by atoms with Crippen LogP contribution in [0.2, 0.25) is 10.0 Å². The van der Waals surface area contributed by atoms with E-state index in [2.05, 4.69) is 5.32 Å². The number of nitrogens with zero attached hydrogens (tertiary/aromatic N) is 1. The van der Waals surface area contributed by atoms with E-state index >= 15 is 0 Å². The van der Waals surface area contributed by atoms with Gasteiger partial charge in [-0.1, -0.05) is 35.7 Å². The van der Waals surface area contributed by atoms with Crippen LogP contribution in [0, 0.1) is 5.92 Å². The first kappa shape index (κ1) is 16.6. The Morgan fingerprint density at radius 3 is 2.62 bits per heavy atom. The molecule has 6 heteroatoms.